The highest BCUT2D eigenvalue weighted by molar-refractivity contribution is 7.90. The van der Waals surface area contributed by atoms with Crippen molar-refractivity contribution in [1.29, 1.82) is 0 Å². The van der Waals surface area contributed by atoms with E-state index >= 15 is 0 Å². The summed E-state index contributed by atoms with van der Waals surface area (Å²) in [4.78, 5) is 17.5. The Morgan fingerprint density at radius 2 is 1.84 bits per heavy atom. The van der Waals surface area contributed by atoms with Crippen LogP contribution in [0.15, 0.2) is 47.4 Å². The molecule has 1 aliphatic rings. The summed E-state index contributed by atoms with van der Waals surface area (Å²) in [5, 5.41) is 7.86. The van der Waals surface area contributed by atoms with Crippen LogP contribution in [0.4, 0.5) is 5.82 Å². The Bertz CT molecular complexity index is 1400. The van der Waals surface area contributed by atoms with Gasteiger partial charge in [-0.25, -0.2) is 13.4 Å². The number of rotatable bonds is 4. The molecule has 3 heterocycles. The summed E-state index contributed by atoms with van der Waals surface area (Å²) < 4.78 is 36.5. The summed E-state index contributed by atoms with van der Waals surface area (Å²) in [6.45, 7) is 2.01. The fourth-order valence-corrected chi connectivity index (χ4v) is 4.74. The van der Waals surface area contributed by atoms with Gasteiger partial charge in [0.1, 0.15) is 5.82 Å². The third-order valence-corrected chi connectivity index (χ3v) is 6.79. The lowest BCUT2D eigenvalue weighted by atomic mass is 10.2. The molecular formula is C20H16N4O5S2. The molecule has 31 heavy (non-hydrogen) atoms. The number of carbonyl (C=O) groups is 1. The maximum Gasteiger partial charge on any atom is 0.256 e. The second-order valence-corrected chi connectivity index (χ2v) is 10.0. The van der Waals surface area contributed by atoms with Crippen molar-refractivity contribution in [1.82, 2.24) is 14.8 Å². The van der Waals surface area contributed by atoms with Gasteiger partial charge in [-0.1, -0.05) is 11.3 Å². The largest absolute Gasteiger partial charge is 0.454 e. The number of ether oxygens (including phenoxy) is 2. The van der Waals surface area contributed by atoms with Crippen molar-refractivity contribution in [2.24, 2.45) is 0 Å². The maximum atomic E-state index is 12.7. The number of aromatic nitrogens is 3. The van der Waals surface area contributed by atoms with Crippen LogP contribution in [0.5, 0.6) is 11.5 Å². The van der Waals surface area contributed by atoms with Crippen LogP contribution in [-0.4, -0.2) is 42.1 Å². The Morgan fingerprint density at radius 3 is 2.55 bits per heavy atom. The Hall–Kier alpha value is -3.44. The fraction of sp³-hybridized carbons (Fsp3) is 0.150. The van der Waals surface area contributed by atoms with E-state index in [-0.39, 0.29) is 17.6 Å². The van der Waals surface area contributed by atoms with E-state index < -0.39 is 9.84 Å². The number of amides is 1. The number of hydrogen-bond donors (Lipinski definition) is 1. The summed E-state index contributed by atoms with van der Waals surface area (Å²) in [5.74, 6) is 1.38. The molecule has 0 aliphatic carbocycles. The smallest absolute Gasteiger partial charge is 0.256 e. The quantitative estimate of drug-likeness (QED) is 0.502. The van der Waals surface area contributed by atoms with Gasteiger partial charge >= 0.3 is 0 Å². The van der Waals surface area contributed by atoms with Crippen LogP contribution >= 0.6 is 11.3 Å². The maximum absolute atomic E-state index is 12.7. The minimum atomic E-state index is -3.33. The molecule has 1 amide bonds. The minimum absolute atomic E-state index is 0.152. The normalized spacial score (nSPS) is 13.0. The van der Waals surface area contributed by atoms with E-state index in [0.717, 1.165) is 16.5 Å². The number of hydrogen-bond acceptors (Lipinski definition) is 8. The zero-order valence-corrected chi connectivity index (χ0v) is 18.1. The van der Waals surface area contributed by atoms with Crippen LogP contribution in [0.2, 0.25) is 0 Å². The summed E-state index contributed by atoms with van der Waals surface area (Å²) in [6.07, 6.45) is 1.12. The van der Waals surface area contributed by atoms with Crippen LogP contribution in [-0.2, 0) is 9.84 Å². The number of benzene rings is 2. The highest BCUT2D eigenvalue weighted by Gasteiger charge is 2.19. The molecule has 0 fully saturated rings. The van der Waals surface area contributed by atoms with Gasteiger partial charge in [-0.15, -0.1) is 0 Å². The van der Waals surface area contributed by atoms with Crippen molar-refractivity contribution in [2.75, 3.05) is 18.4 Å². The number of nitrogens with zero attached hydrogens (tertiary/aromatic N) is 3. The molecule has 2 aromatic heterocycles. The molecule has 4 aromatic rings. The first kappa shape index (κ1) is 19.5. The molecule has 0 bridgehead atoms. The second kappa shape index (κ2) is 7.06. The molecule has 2 aromatic carbocycles. The molecular weight excluding hydrogens is 440 g/mol. The number of fused-ring (bicyclic) bond motifs is 2. The van der Waals surface area contributed by atoms with Gasteiger partial charge in [-0.3, -0.25) is 4.79 Å². The third kappa shape index (κ3) is 3.62. The van der Waals surface area contributed by atoms with Crippen LogP contribution < -0.4 is 14.8 Å². The van der Waals surface area contributed by atoms with Gasteiger partial charge in [-0.05, 0) is 31.2 Å². The van der Waals surface area contributed by atoms with Crippen LogP contribution in [0.1, 0.15) is 16.1 Å². The monoisotopic (exact) mass is 456 g/mol. The minimum Gasteiger partial charge on any atom is -0.454 e. The molecule has 0 radical (unpaired) electrons. The Labute approximate surface area is 181 Å². The molecule has 11 heteroatoms. The molecule has 9 nitrogen and oxygen atoms in total. The summed E-state index contributed by atoms with van der Waals surface area (Å²) in [6, 6.07) is 11.2. The average molecular weight is 457 g/mol. The molecule has 1 aliphatic heterocycles. The van der Waals surface area contributed by atoms with Gasteiger partial charge in [0, 0.05) is 30.0 Å². The zero-order chi connectivity index (χ0) is 21.8. The first-order chi connectivity index (χ1) is 14.8. The fourth-order valence-electron chi connectivity index (χ4n) is 3.17. The van der Waals surface area contributed by atoms with Crippen molar-refractivity contribution in [3.05, 3.63) is 53.7 Å². The standard InChI is InChI=1S/C20H16N4O5S2/c1-11-7-18(22-19(25)12-3-5-13(6-4-12)31(2,26)27)24(23-11)20-21-14-8-15-16(29-10-28-15)9-17(14)30-20/h3-9H,10H2,1-2H3,(H,22,25). The number of anilines is 1. The van der Waals surface area contributed by atoms with Crippen molar-refractivity contribution in [2.45, 2.75) is 11.8 Å². The second-order valence-electron chi connectivity index (χ2n) is 7.00. The summed E-state index contributed by atoms with van der Waals surface area (Å²) >= 11 is 1.41. The molecule has 158 valence electrons. The van der Waals surface area contributed by atoms with E-state index in [9.17, 15) is 13.2 Å². The molecule has 0 saturated carbocycles. The van der Waals surface area contributed by atoms with Crippen molar-refractivity contribution in [3.8, 4) is 16.6 Å². The lowest BCUT2D eigenvalue weighted by molar-refractivity contribution is 0.102. The molecule has 0 saturated heterocycles. The topological polar surface area (TPSA) is 112 Å². The lowest BCUT2D eigenvalue weighted by Gasteiger charge is -2.07. The highest BCUT2D eigenvalue weighted by Crippen LogP contribution is 2.39. The van der Waals surface area contributed by atoms with Crippen LogP contribution in [0.25, 0.3) is 15.3 Å². The molecule has 0 atom stereocenters. The van der Waals surface area contributed by atoms with E-state index in [1.54, 1.807) is 10.7 Å². The van der Waals surface area contributed by atoms with E-state index in [1.807, 2.05) is 19.1 Å². The molecule has 0 unspecified atom stereocenters. The predicted molar refractivity (Wildman–Crippen MR) is 115 cm³/mol. The Balaban J connectivity index is 1.46. The van der Waals surface area contributed by atoms with Crippen molar-refractivity contribution in [3.63, 3.8) is 0 Å². The summed E-state index contributed by atoms with van der Waals surface area (Å²) in [7, 11) is -3.33. The number of sulfone groups is 1. The van der Waals surface area contributed by atoms with Gasteiger partial charge in [-0.2, -0.15) is 9.78 Å². The van der Waals surface area contributed by atoms with Gasteiger partial charge in [0.05, 0.1) is 20.8 Å². The third-order valence-electron chi connectivity index (χ3n) is 4.67. The number of carbonyl (C=O) groups excluding carboxylic acids is 1. The van der Waals surface area contributed by atoms with E-state index in [2.05, 4.69) is 15.4 Å². The number of thiazole rings is 1. The molecule has 0 spiro atoms. The summed E-state index contributed by atoms with van der Waals surface area (Å²) in [5.41, 5.74) is 1.77. The van der Waals surface area contributed by atoms with Gasteiger partial charge < -0.3 is 14.8 Å². The van der Waals surface area contributed by atoms with Gasteiger partial charge in [0.15, 0.2) is 21.3 Å². The first-order valence-corrected chi connectivity index (χ1v) is 11.9. The molecule has 5 rings (SSSR count). The van der Waals surface area contributed by atoms with Crippen LogP contribution in [0.3, 0.4) is 0 Å². The zero-order valence-electron chi connectivity index (χ0n) is 16.4. The van der Waals surface area contributed by atoms with E-state index in [0.29, 0.717) is 33.7 Å². The van der Waals surface area contributed by atoms with Gasteiger partial charge in [0.25, 0.3) is 5.91 Å². The lowest BCUT2D eigenvalue weighted by Crippen LogP contribution is -2.15. The van der Waals surface area contributed by atoms with Gasteiger partial charge in [0.2, 0.25) is 11.9 Å². The van der Waals surface area contributed by atoms with Crippen molar-refractivity contribution < 1.29 is 22.7 Å². The number of aryl methyl sites for hydroxylation is 1. The van der Waals surface area contributed by atoms with Crippen molar-refractivity contribution >= 4 is 43.1 Å². The van der Waals surface area contributed by atoms with E-state index in [4.69, 9.17) is 9.47 Å². The Kier molecular flexibility index (Phi) is 4.45. The SMILES string of the molecule is Cc1cc(NC(=O)c2ccc(S(C)(=O)=O)cc2)n(-c2nc3cc4c(cc3s2)OCO4)n1. The predicted octanol–water partition coefficient (Wildman–Crippen LogP) is 3.17. The van der Waals surface area contributed by atoms with Crippen LogP contribution in [0, 0.1) is 6.92 Å². The Morgan fingerprint density at radius 1 is 1.13 bits per heavy atom. The molecule has 1 N–H and O–H groups in total. The van der Waals surface area contributed by atoms with E-state index in [1.165, 1.54) is 35.6 Å². The highest BCUT2D eigenvalue weighted by atomic mass is 32.2. The first-order valence-electron chi connectivity index (χ1n) is 9.17. The number of nitrogens with one attached hydrogen (secondary N) is 1. The average Bonchev–Trinajstić information content (AvgIpc) is 3.43.